The van der Waals surface area contributed by atoms with E-state index >= 15 is 0 Å². The van der Waals surface area contributed by atoms with E-state index in [0.29, 0.717) is 6.04 Å². The van der Waals surface area contributed by atoms with Crippen LogP contribution >= 0.6 is 0 Å². The highest BCUT2D eigenvalue weighted by Gasteiger charge is 2.19. The molecule has 0 atom stereocenters. The van der Waals surface area contributed by atoms with Crippen molar-refractivity contribution in [3.63, 3.8) is 0 Å². The maximum absolute atomic E-state index is 11.2. The van der Waals surface area contributed by atoms with Crippen molar-refractivity contribution in [2.75, 3.05) is 33.2 Å². The van der Waals surface area contributed by atoms with E-state index in [1.165, 1.54) is 0 Å². The summed E-state index contributed by atoms with van der Waals surface area (Å²) in [6, 6.07) is 0.628. The van der Waals surface area contributed by atoms with Crippen LogP contribution in [0.1, 0.15) is 13.8 Å². The van der Waals surface area contributed by atoms with Gasteiger partial charge in [-0.15, -0.1) is 0 Å². The van der Waals surface area contributed by atoms with Gasteiger partial charge in [-0.1, -0.05) is 0 Å². The number of nitrogens with one attached hydrogen (secondary N) is 1. The first-order chi connectivity index (χ1) is 6.11. The van der Waals surface area contributed by atoms with Crippen LogP contribution in [-0.4, -0.2) is 55.1 Å². The minimum atomic E-state index is 0.0807. The Morgan fingerprint density at radius 3 is 2.77 bits per heavy atom. The van der Waals surface area contributed by atoms with Crippen LogP contribution in [0.4, 0.5) is 4.79 Å². The third-order valence-electron chi connectivity index (χ3n) is 2.55. The molecule has 76 valence electrons. The normalized spacial score (nSPS) is 17.3. The number of nitrogens with zero attached hydrogens (tertiary/aromatic N) is 2. The second kappa shape index (κ2) is 4.46. The van der Waals surface area contributed by atoms with Crippen molar-refractivity contribution < 1.29 is 4.79 Å². The van der Waals surface area contributed by atoms with Crippen molar-refractivity contribution in [3.8, 4) is 0 Å². The van der Waals surface area contributed by atoms with Gasteiger partial charge in [0.2, 0.25) is 0 Å². The molecule has 13 heavy (non-hydrogen) atoms. The van der Waals surface area contributed by atoms with Crippen molar-refractivity contribution in [2.24, 2.45) is 0 Å². The lowest BCUT2D eigenvalue weighted by Crippen LogP contribution is -2.37. The molecule has 0 saturated carbocycles. The molecule has 1 aliphatic heterocycles. The van der Waals surface area contributed by atoms with E-state index in [1.807, 2.05) is 4.90 Å². The molecule has 1 saturated heterocycles. The predicted octanol–water partition coefficient (Wildman–Crippen LogP) is 0.352. The van der Waals surface area contributed by atoms with E-state index in [2.05, 4.69) is 31.1 Å². The molecule has 2 amide bonds. The summed E-state index contributed by atoms with van der Waals surface area (Å²) in [6.45, 7) is 7.74. The summed E-state index contributed by atoms with van der Waals surface area (Å²) in [7, 11) is 2.08. The van der Waals surface area contributed by atoms with Crippen molar-refractivity contribution in [1.29, 1.82) is 0 Å². The Morgan fingerprint density at radius 2 is 2.31 bits per heavy atom. The van der Waals surface area contributed by atoms with Crippen LogP contribution in [-0.2, 0) is 0 Å². The highest BCUT2D eigenvalue weighted by atomic mass is 16.2. The molecule has 4 nitrogen and oxygen atoms in total. The molecule has 1 rings (SSSR count). The fraction of sp³-hybridized carbons (Fsp3) is 0.889. The zero-order chi connectivity index (χ0) is 9.84. The summed E-state index contributed by atoms with van der Waals surface area (Å²) < 4.78 is 0. The Labute approximate surface area is 79.9 Å². The number of carbonyl (C=O) groups is 1. The number of hydrogen-bond acceptors (Lipinski definition) is 2. The third kappa shape index (κ3) is 2.88. The number of rotatable bonds is 4. The zero-order valence-electron chi connectivity index (χ0n) is 8.71. The maximum atomic E-state index is 11.2. The number of amides is 2. The van der Waals surface area contributed by atoms with Crippen LogP contribution in [0.25, 0.3) is 0 Å². The van der Waals surface area contributed by atoms with E-state index in [0.717, 1.165) is 26.2 Å². The van der Waals surface area contributed by atoms with Gasteiger partial charge < -0.3 is 15.1 Å². The Kier molecular flexibility index (Phi) is 3.54. The first-order valence-electron chi connectivity index (χ1n) is 4.84. The molecule has 4 heteroatoms. The monoisotopic (exact) mass is 185 g/mol. The predicted molar refractivity (Wildman–Crippen MR) is 52.7 cm³/mol. The highest BCUT2D eigenvalue weighted by molar-refractivity contribution is 5.76. The van der Waals surface area contributed by atoms with Gasteiger partial charge in [0.15, 0.2) is 0 Å². The SMILES string of the molecule is CC(C)N(C)CCN1CCNC1=O. The van der Waals surface area contributed by atoms with Gasteiger partial charge in [-0.3, -0.25) is 0 Å². The van der Waals surface area contributed by atoms with Crippen LogP contribution in [0, 0.1) is 0 Å². The zero-order valence-corrected chi connectivity index (χ0v) is 8.71. The summed E-state index contributed by atoms with van der Waals surface area (Å²) in [4.78, 5) is 15.3. The molecule has 0 aromatic heterocycles. The fourth-order valence-electron chi connectivity index (χ4n) is 1.26. The van der Waals surface area contributed by atoms with E-state index in [-0.39, 0.29) is 6.03 Å². The van der Waals surface area contributed by atoms with Crippen molar-refractivity contribution in [3.05, 3.63) is 0 Å². The van der Waals surface area contributed by atoms with Crippen LogP contribution in [0.3, 0.4) is 0 Å². The van der Waals surface area contributed by atoms with Gasteiger partial charge in [0.25, 0.3) is 0 Å². The first-order valence-corrected chi connectivity index (χ1v) is 4.84. The van der Waals surface area contributed by atoms with Gasteiger partial charge in [-0.05, 0) is 20.9 Å². The Balaban J connectivity index is 2.22. The van der Waals surface area contributed by atoms with E-state index < -0.39 is 0 Å². The Hall–Kier alpha value is -0.770. The van der Waals surface area contributed by atoms with Crippen LogP contribution < -0.4 is 5.32 Å². The fourth-order valence-corrected chi connectivity index (χ4v) is 1.26. The summed E-state index contributed by atoms with van der Waals surface area (Å²) >= 11 is 0. The lowest BCUT2D eigenvalue weighted by Gasteiger charge is -2.23. The van der Waals surface area contributed by atoms with Gasteiger partial charge in [0, 0.05) is 32.2 Å². The molecule has 0 spiro atoms. The summed E-state index contributed by atoms with van der Waals surface area (Å²) in [5.74, 6) is 0. The van der Waals surface area contributed by atoms with Crippen molar-refractivity contribution >= 4 is 6.03 Å². The van der Waals surface area contributed by atoms with Gasteiger partial charge in [0.1, 0.15) is 0 Å². The molecule has 1 N–H and O–H groups in total. The molecular formula is C9H19N3O. The second-order valence-electron chi connectivity index (χ2n) is 3.79. The molecule has 1 fully saturated rings. The number of hydrogen-bond donors (Lipinski definition) is 1. The van der Waals surface area contributed by atoms with Gasteiger partial charge >= 0.3 is 6.03 Å². The standard InChI is InChI=1S/C9H19N3O/c1-8(2)11(3)6-7-12-5-4-10-9(12)13/h8H,4-7H2,1-3H3,(H,10,13). The van der Waals surface area contributed by atoms with E-state index in [9.17, 15) is 4.79 Å². The minimum Gasteiger partial charge on any atom is -0.336 e. The quantitative estimate of drug-likeness (QED) is 0.686. The van der Waals surface area contributed by atoms with Crippen LogP contribution in [0.15, 0.2) is 0 Å². The lowest BCUT2D eigenvalue weighted by molar-refractivity contribution is 0.200. The molecule has 1 heterocycles. The second-order valence-corrected chi connectivity index (χ2v) is 3.79. The van der Waals surface area contributed by atoms with Gasteiger partial charge in [-0.2, -0.15) is 0 Å². The topological polar surface area (TPSA) is 35.6 Å². The van der Waals surface area contributed by atoms with E-state index in [4.69, 9.17) is 0 Å². The molecule has 0 aliphatic carbocycles. The van der Waals surface area contributed by atoms with Gasteiger partial charge in [-0.25, -0.2) is 4.79 Å². The Morgan fingerprint density at radius 1 is 1.62 bits per heavy atom. The minimum absolute atomic E-state index is 0.0807. The molecule has 0 unspecified atom stereocenters. The lowest BCUT2D eigenvalue weighted by atomic mass is 10.3. The number of urea groups is 1. The number of carbonyl (C=O) groups excluding carboxylic acids is 1. The molecule has 0 aromatic carbocycles. The molecule has 1 aliphatic rings. The first kappa shape index (κ1) is 10.3. The average Bonchev–Trinajstić information content (AvgIpc) is 2.47. The smallest absolute Gasteiger partial charge is 0.317 e. The average molecular weight is 185 g/mol. The van der Waals surface area contributed by atoms with Crippen LogP contribution in [0.5, 0.6) is 0 Å². The number of likely N-dealkylation sites (N-methyl/N-ethyl adjacent to an activating group) is 1. The van der Waals surface area contributed by atoms with E-state index in [1.54, 1.807) is 0 Å². The molecule has 0 aromatic rings. The largest absolute Gasteiger partial charge is 0.336 e. The summed E-state index contributed by atoms with van der Waals surface area (Å²) in [5, 5.41) is 2.79. The summed E-state index contributed by atoms with van der Waals surface area (Å²) in [6.07, 6.45) is 0. The van der Waals surface area contributed by atoms with Crippen LogP contribution in [0.2, 0.25) is 0 Å². The highest BCUT2D eigenvalue weighted by Crippen LogP contribution is 1.98. The Bertz CT molecular complexity index is 182. The van der Waals surface area contributed by atoms with Crippen molar-refractivity contribution in [2.45, 2.75) is 19.9 Å². The van der Waals surface area contributed by atoms with Gasteiger partial charge in [0.05, 0.1) is 0 Å². The molecular weight excluding hydrogens is 166 g/mol. The third-order valence-corrected chi connectivity index (χ3v) is 2.55. The molecule has 0 radical (unpaired) electrons. The maximum Gasteiger partial charge on any atom is 0.317 e. The van der Waals surface area contributed by atoms with Crippen molar-refractivity contribution in [1.82, 2.24) is 15.1 Å². The summed E-state index contributed by atoms with van der Waals surface area (Å²) in [5.41, 5.74) is 0. The molecule has 0 bridgehead atoms.